The predicted octanol–water partition coefficient (Wildman–Crippen LogP) is 3.49. The van der Waals surface area contributed by atoms with Gasteiger partial charge in [-0.05, 0) is 24.3 Å². The molecule has 0 aliphatic heterocycles. The molecule has 2 aromatic carbocycles. The number of methoxy groups -OCH3 is 4. The Balaban J connectivity index is 2.25. The highest BCUT2D eigenvalue weighted by molar-refractivity contribution is 5.85. The van der Waals surface area contributed by atoms with Crippen LogP contribution in [0.5, 0.6) is 23.0 Å². The molecule has 0 bridgehead atoms. The number of benzene rings is 2. The number of hydrogen-bond acceptors (Lipinski definition) is 6. The third kappa shape index (κ3) is 2.87. The van der Waals surface area contributed by atoms with Crippen LogP contribution in [0.25, 0.3) is 22.3 Å². The Bertz CT molecular complexity index is 948. The Morgan fingerprint density at radius 1 is 0.800 bits per heavy atom. The van der Waals surface area contributed by atoms with E-state index < -0.39 is 0 Å². The second-order valence-corrected chi connectivity index (χ2v) is 5.22. The van der Waals surface area contributed by atoms with Gasteiger partial charge in [0.15, 0.2) is 16.9 Å². The number of ether oxygens (including phenoxy) is 4. The van der Waals surface area contributed by atoms with Crippen molar-refractivity contribution in [1.82, 2.24) is 0 Å². The zero-order chi connectivity index (χ0) is 18.0. The summed E-state index contributed by atoms with van der Waals surface area (Å²) in [5, 5.41) is 0.404. The molecule has 6 nitrogen and oxygen atoms in total. The molecule has 0 saturated heterocycles. The fourth-order valence-electron chi connectivity index (χ4n) is 2.71. The number of fused-ring (bicyclic) bond motifs is 1. The van der Waals surface area contributed by atoms with Gasteiger partial charge in [0.1, 0.15) is 22.5 Å². The molecule has 1 aromatic heterocycles. The molecule has 0 unspecified atom stereocenters. The van der Waals surface area contributed by atoms with Gasteiger partial charge in [-0.2, -0.15) is 0 Å². The second-order valence-electron chi connectivity index (χ2n) is 5.22. The molecule has 0 N–H and O–H groups in total. The zero-order valence-corrected chi connectivity index (χ0v) is 14.4. The number of hydrogen-bond donors (Lipinski definition) is 0. The van der Waals surface area contributed by atoms with Gasteiger partial charge in [-0.1, -0.05) is 6.07 Å². The van der Waals surface area contributed by atoms with Crippen LogP contribution in [0, 0.1) is 0 Å². The van der Waals surface area contributed by atoms with Gasteiger partial charge in [-0.15, -0.1) is 0 Å². The number of rotatable bonds is 5. The molecule has 1 heterocycles. The third-order valence-corrected chi connectivity index (χ3v) is 3.89. The van der Waals surface area contributed by atoms with Crippen molar-refractivity contribution >= 4 is 11.0 Å². The van der Waals surface area contributed by atoms with E-state index in [0.29, 0.717) is 45.3 Å². The summed E-state index contributed by atoms with van der Waals surface area (Å²) in [5.74, 6) is 2.29. The maximum Gasteiger partial charge on any atom is 0.203 e. The molecule has 130 valence electrons. The van der Waals surface area contributed by atoms with Crippen molar-refractivity contribution in [3.63, 3.8) is 0 Å². The van der Waals surface area contributed by atoms with E-state index in [1.54, 1.807) is 30.3 Å². The van der Waals surface area contributed by atoms with Crippen molar-refractivity contribution in [3.8, 4) is 34.3 Å². The molecule has 0 radical (unpaired) electrons. The first-order valence-electron chi connectivity index (χ1n) is 7.54. The monoisotopic (exact) mass is 342 g/mol. The van der Waals surface area contributed by atoms with Crippen LogP contribution in [0.15, 0.2) is 45.6 Å². The summed E-state index contributed by atoms with van der Waals surface area (Å²) in [6, 6.07) is 10.1. The minimum absolute atomic E-state index is 0.192. The smallest absolute Gasteiger partial charge is 0.203 e. The van der Waals surface area contributed by atoms with E-state index in [0.717, 1.165) is 0 Å². The predicted molar refractivity (Wildman–Crippen MR) is 94.1 cm³/mol. The van der Waals surface area contributed by atoms with E-state index in [4.69, 9.17) is 23.4 Å². The molecule has 0 aliphatic rings. The minimum atomic E-state index is -0.192. The minimum Gasteiger partial charge on any atom is -0.496 e. The summed E-state index contributed by atoms with van der Waals surface area (Å²) >= 11 is 0. The van der Waals surface area contributed by atoms with Crippen molar-refractivity contribution in [3.05, 3.63) is 46.6 Å². The van der Waals surface area contributed by atoms with Crippen molar-refractivity contribution < 1.29 is 23.4 Å². The Hall–Kier alpha value is -3.15. The molecule has 25 heavy (non-hydrogen) atoms. The molecular formula is C19H18O6. The summed E-state index contributed by atoms with van der Waals surface area (Å²) in [6.45, 7) is 0. The van der Waals surface area contributed by atoms with Crippen LogP contribution < -0.4 is 24.4 Å². The molecule has 3 rings (SSSR count). The molecule has 0 amide bonds. The topological polar surface area (TPSA) is 67.1 Å². The first-order chi connectivity index (χ1) is 12.1. The van der Waals surface area contributed by atoms with Gasteiger partial charge in [-0.3, -0.25) is 4.79 Å². The SMILES string of the molecule is COc1cc(-c2cc(=O)c3c(OC)cccc3o2)cc(OC)c1OC. The first kappa shape index (κ1) is 16.7. The lowest BCUT2D eigenvalue weighted by atomic mass is 10.1. The van der Waals surface area contributed by atoms with Gasteiger partial charge in [0.2, 0.25) is 5.75 Å². The van der Waals surface area contributed by atoms with E-state index in [1.165, 1.54) is 34.5 Å². The highest BCUT2D eigenvalue weighted by atomic mass is 16.5. The second kappa shape index (κ2) is 6.76. The van der Waals surface area contributed by atoms with Gasteiger partial charge < -0.3 is 23.4 Å². The van der Waals surface area contributed by atoms with E-state index >= 15 is 0 Å². The fourth-order valence-corrected chi connectivity index (χ4v) is 2.71. The summed E-state index contributed by atoms with van der Waals surface area (Å²) < 4.78 is 27.2. The largest absolute Gasteiger partial charge is 0.496 e. The van der Waals surface area contributed by atoms with Crippen LogP contribution in [0.3, 0.4) is 0 Å². The molecule has 0 aliphatic carbocycles. The Labute approximate surface area is 144 Å². The van der Waals surface area contributed by atoms with Gasteiger partial charge >= 0.3 is 0 Å². The summed E-state index contributed by atoms with van der Waals surface area (Å²) in [5.41, 5.74) is 0.884. The molecule has 0 spiro atoms. The van der Waals surface area contributed by atoms with Crippen LogP contribution in [0.4, 0.5) is 0 Å². The van der Waals surface area contributed by atoms with E-state index in [-0.39, 0.29) is 5.43 Å². The van der Waals surface area contributed by atoms with Crippen molar-refractivity contribution in [2.45, 2.75) is 0 Å². The van der Waals surface area contributed by atoms with Crippen LogP contribution in [0.2, 0.25) is 0 Å². The average molecular weight is 342 g/mol. The fraction of sp³-hybridized carbons (Fsp3) is 0.211. The van der Waals surface area contributed by atoms with Crippen LogP contribution in [0.1, 0.15) is 0 Å². The van der Waals surface area contributed by atoms with E-state index in [9.17, 15) is 4.79 Å². The molecular weight excluding hydrogens is 324 g/mol. The van der Waals surface area contributed by atoms with Crippen LogP contribution in [-0.2, 0) is 0 Å². The highest BCUT2D eigenvalue weighted by Gasteiger charge is 2.17. The molecule has 0 fully saturated rings. The van der Waals surface area contributed by atoms with Crippen molar-refractivity contribution in [2.24, 2.45) is 0 Å². The lowest BCUT2D eigenvalue weighted by Crippen LogP contribution is -2.03. The van der Waals surface area contributed by atoms with Crippen LogP contribution >= 0.6 is 0 Å². The van der Waals surface area contributed by atoms with Crippen molar-refractivity contribution in [1.29, 1.82) is 0 Å². The van der Waals surface area contributed by atoms with Gasteiger partial charge in [-0.25, -0.2) is 0 Å². The van der Waals surface area contributed by atoms with Crippen molar-refractivity contribution in [2.75, 3.05) is 28.4 Å². The normalized spacial score (nSPS) is 10.6. The highest BCUT2D eigenvalue weighted by Crippen LogP contribution is 2.41. The Morgan fingerprint density at radius 3 is 2.00 bits per heavy atom. The van der Waals surface area contributed by atoms with Gasteiger partial charge in [0.25, 0.3) is 0 Å². The quantitative estimate of drug-likeness (QED) is 0.707. The molecule has 0 saturated carbocycles. The zero-order valence-electron chi connectivity index (χ0n) is 14.4. The van der Waals surface area contributed by atoms with E-state index in [1.807, 2.05) is 0 Å². The summed E-state index contributed by atoms with van der Waals surface area (Å²) in [6.07, 6.45) is 0. The van der Waals surface area contributed by atoms with Gasteiger partial charge in [0.05, 0.1) is 28.4 Å². The third-order valence-electron chi connectivity index (χ3n) is 3.89. The lowest BCUT2D eigenvalue weighted by Gasteiger charge is -2.14. The Kier molecular flexibility index (Phi) is 4.52. The Morgan fingerprint density at radius 2 is 1.44 bits per heavy atom. The maximum absolute atomic E-state index is 12.6. The summed E-state index contributed by atoms with van der Waals surface area (Å²) in [4.78, 5) is 12.6. The molecule has 3 aromatic rings. The molecule has 0 atom stereocenters. The maximum atomic E-state index is 12.6. The van der Waals surface area contributed by atoms with E-state index in [2.05, 4.69) is 0 Å². The lowest BCUT2D eigenvalue weighted by molar-refractivity contribution is 0.324. The first-order valence-corrected chi connectivity index (χ1v) is 7.54. The standard InChI is InChI=1S/C19H18O6/c1-21-13-6-5-7-14-18(13)12(20)10-15(25-14)11-8-16(22-2)19(24-4)17(9-11)23-3/h5-10H,1-4H3. The molecule has 6 heteroatoms. The summed E-state index contributed by atoms with van der Waals surface area (Å²) in [7, 11) is 6.11. The average Bonchev–Trinajstić information content (AvgIpc) is 2.65. The van der Waals surface area contributed by atoms with Gasteiger partial charge in [0, 0.05) is 11.6 Å². The van der Waals surface area contributed by atoms with Crippen LogP contribution in [-0.4, -0.2) is 28.4 Å².